The Kier molecular flexibility index (Phi) is 4.77. The fraction of sp³-hybridized carbons (Fsp3) is 0.176. The van der Waals surface area contributed by atoms with Crippen LogP contribution in [0, 0.1) is 24.0 Å². The summed E-state index contributed by atoms with van der Waals surface area (Å²) in [5, 5.41) is 17.9. The molecule has 9 heteroatoms. The lowest BCUT2D eigenvalue weighted by atomic mass is 10.2. The van der Waals surface area contributed by atoms with E-state index in [9.17, 15) is 14.9 Å². The third-order valence-corrected chi connectivity index (χ3v) is 4.03. The third-order valence-electron chi connectivity index (χ3n) is 3.70. The summed E-state index contributed by atoms with van der Waals surface area (Å²) in [4.78, 5) is 22.6. The molecule has 134 valence electrons. The number of aromatic nitrogens is 2. The van der Waals surface area contributed by atoms with E-state index in [2.05, 4.69) is 10.4 Å². The van der Waals surface area contributed by atoms with Crippen molar-refractivity contribution >= 4 is 28.9 Å². The molecule has 0 bridgehead atoms. The SMILES string of the molecule is Cc1cc(C)n(Cc2ccc(C(=O)Nc3cc([N+](=O)[O-])ccc3Cl)o2)n1. The van der Waals surface area contributed by atoms with Crippen molar-refractivity contribution in [3.05, 3.63) is 74.4 Å². The average Bonchev–Trinajstić information content (AvgIpc) is 3.16. The Balaban J connectivity index is 1.75. The van der Waals surface area contributed by atoms with Crippen LogP contribution in [0.1, 0.15) is 27.7 Å². The van der Waals surface area contributed by atoms with Gasteiger partial charge in [-0.1, -0.05) is 11.6 Å². The minimum atomic E-state index is -0.564. The van der Waals surface area contributed by atoms with E-state index in [1.54, 1.807) is 10.7 Å². The second-order valence-corrected chi connectivity index (χ2v) is 6.13. The zero-order chi connectivity index (χ0) is 18.8. The summed E-state index contributed by atoms with van der Waals surface area (Å²) in [5.41, 5.74) is 1.84. The normalized spacial score (nSPS) is 10.7. The highest BCUT2D eigenvalue weighted by molar-refractivity contribution is 6.34. The van der Waals surface area contributed by atoms with Gasteiger partial charge in [-0.3, -0.25) is 19.6 Å². The number of furan rings is 1. The van der Waals surface area contributed by atoms with Gasteiger partial charge in [0.25, 0.3) is 11.6 Å². The van der Waals surface area contributed by atoms with Gasteiger partial charge in [0.05, 0.1) is 27.9 Å². The van der Waals surface area contributed by atoms with E-state index in [4.69, 9.17) is 16.0 Å². The van der Waals surface area contributed by atoms with Gasteiger partial charge in [0.1, 0.15) is 5.76 Å². The molecule has 0 saturated heterocycles. The van der Waals surface area contributed by atoms with Crippen LogP contribution in [-0.4, -0.2) is 20.6 Å². The van der Waals surface area contributed by atoms with Gasteiger partial charge in [-0.15, -0.1) is 0 Å². The molecule has 1 aromatic carbocycles. The summed E-state index contributed by atoms with van der Waals surface area (Å²) in [6, 6.07) is 8.96. The summed E-state index contributed by atoms with van der Waals surface area (Å²) >= 11 is 5.99. The highest BCUT2D eigenvalue weighted by Crippen LogP contribution is 2.27. The second kappa shape index (κ2) is 7.01. The van der Waals surface area contributed by atoms with Crippen LogP contribution < -0.4 is 5.32 Å². The van der Waals surface area contributed by atoms with Crippen molar-refractivity contribution in [2.75, 3.05) is 5.32 Å². The first-order chi connectivity index (χ1) is 12.3. The molecule has 3 aromatic rings. The molecule has 1 amide bonds. The quantitative estimate of drug-likeness (QED) is 0.537. The van der Waals surface area contributed by atoms with Crippen LogP contribution in [0.15, 0.2) is 40.8 Å². The zero-order valence-electron chi connectivity index (χ0n) is 14.0. The fourth-order valence-corrected chi connectivity index (χ4v) is 2.64. The third kappa shape index (κ3) is 3.75. The number of halogens is 1. The fourth-order valence-electron chi connectivity index (χ4n) is 2.47. The van der Waals surface area contributed by atoms with Gasteiger partial charge in [-0.05, 0) is 38.1 Å². The van der Waals surface area contributed by atoms with Crippen LogP contribution in [0.3, 0.4) is 0 Å². The number of nitro groups is 1. The number of amides is 1. The summed E-state index contributed by atoms with van der Waals surface area (Å²) in [5.74, 6) is 0.0857. The molecule has 3 rings (SSSR count). The molecule has 0 atom stereocenters. The largest absolute Gasteiger partial charge is 0.454 e. The molecule has 0 saturated carbocycles. The Labute approximate surface area is 153 Å². The Bertz CT molecular complexity index is 993. The molecule has 0 spiro atoms. The molecule has 0 aliphatic carbocycles. The molecular formula is C17H15ClN4O4. The van der Waals surface area contributed by atoms with Crippen LogP contribution in [0.25, 0.3) is 0 Å². The van der Waals surface area contributed by atoms with Crippen molar-refractivity contribution in [1.82, 2.24) is 9.78 Å². The number of carbonyl (C=O) groups is 1. The van der Waals surface area contributed by atoms with Crippen molar-refractivity contribution < 1.29 is 14.1 Å². The molecule has 0 aliphatic rings. The van der Waals surface area contributed by atoms with E-state index in [0.717, 1.165) is 11.4 Å². The highest BCUT2D eigenvalue weighted by Gasteiger charge is 2.16. The van der Waals surface area contributed by atoms with Crippen LogP contribution >= 0.6 is 11.6 Å². The molecule has 0 unspecified atom stereocenters. The lowest BCUT2D eigenvalue weighted by Gasteiger charge is -2.05. The monoisotopic (exact) mass is 374 g/mol. The Morgan fingerprint density at radius 2 is 2.08 bits per heavy atom. The number of aryl methyl sites for hydroxylation is 2. The number of rotatable bonds is 5. The molecule has 26 heavy (non-hydrogen) atoms. The molecule has 0 aliphatic heterocycles. The van der Waals surface area contributed by atoms with Crippen molar-refractivity contribution in [2.24, 2.45) is 0 Å². The summed E-state index contributed by atoms with van der Waals surface area (Å²) in [6.45, 7) is 4.22. The van der Waals surface area contributed by atoms with Gasteiger partial charge >= 0.3 is 0 Å². The van der Waals surface area contributed by atoms with E-state index in [1.165, 1.54) is 24.3 Å². The Hall–Kier alpha value is -3.13. The minimum absolute atomic E-state index is 0.0732. The number of nitrogens with zero attached hydrogens (tertiary/aromatic N) is 3. The van der Waals surface area contributed by atoms with E-state index in [0.29, 0.717) is 12.3 Å². The number of non-ortho nitro benzene ring substituents is 1. The van der Waals surface area contributed by atoms with Crippen LogP contribution in [0.2, 0.25) is 5.02 Å². The molecular weight excluding hydrogens is 360 g/mol. The summed E-state index contributed by atoms with van der Waals surface area (Å²) in [6.07, 6.45) is 0. The van der Waals surface area contributed by atoms with Crippen LogP contribution in [-0.2, 0) is 6.54 Å². The Morgan fingerprint density at radius 3 is 2.73 bits per heavy atom. The standard InChI is InChI=1S/C17H15ClN4O4/c1-10-7-11(2)21(20-10)9-13-4-6-16(26-13)17(23)19-15-8-12(22(24)25)3-5-14(15)18/h3-8H,9H2,1-2H3,(H,19,23). The van der Waals surface area contributed by atoms with E-state index in [1.807, 2.05) is 19.9 Å². The predicted octanol–water partition coefficient (Wildman–Crippen LogP) is 3.96. The van der Waals surface area contributed by atoms with Crippen molar-refractivity contribution in [3.63, 3.8) is 0 Å². The number of anilines is 1. The summed E-state index contributed by atoms with van der Waals surface area (Å²) in [7, 11) is 0. The average molecular weight is 375 g/mol. The zero-order valence-corrected chi connectivity index (χ0v) is 14.8. The van der Waals surface area contributed by atoms with Crippen molar-refractivity contribution in [1.29, 1.82) is 0 Å². The molecule has 0 fully saturated rings. The first-order valence-corrected chi connectivity index (χ1v) is 8.06. The van der Waals surface area contributed by atoms with Crippen molar-refractivity contribution in [2.45, 2.75) is 20.4 Å². The number of hydrogen-bond acceptors (Lipinski definition) is 5. The first kappa shape index (κ1) is 17.7. The topological polar surface area (TPSA) is 103 Å². The number of nitrogens with one attached hydrogen (secondary N) is 1. The molecule has 0 radical (unpaired) electrons. The minimum Gasteiger partial charge on any atom is -0.454 e. The Morgan fingerprint density at radius 1 is 1.31 bits per heavy atom. The van der Waals surface area contributed by atoms with Gasteiger partial charge < -0.3 is 9.73 Å². The smallest absolute Gasteiger partial charge is 0.291 e. The highest BCUT2D eigenvalue weighted by atomic mass is 35.5. The molecule has 8 nitrogen and oxygen atoms in total. The lowest BCUT2D eigenvalue weighted by molar-refractivity contribution is -0.384. The van der Waals surface area contributed by atoms with Crippen molar-refractivity contribution in [3.8, 4) is 0 Å². The number of carbonyl (C=O) groups excluding carboxylic acids is 1. The molecule has 1 N–H and O–H groups in total. The molecule has 2 aromatic heterocycles. The predicted molar refractivity (Wildman–Crippen MR) is 95.6 cm³/mol. The van der Waals surface area contributed by atoms with Gasteiger partial charge in [0, 0.05) is 17.8 Å². The van der Waals surface area contributed by atoms with Gasteiger partial charge in [-0.2, -0.15) is 5.10 Å². The second-order valence-electron chi connectivity index (χ2n) is 5.73. The van der Waals surface area contributed by atoms with E-state index >= 15 is 0 Å². The van der Waals surface area contributed by atoms with Crippen LogP contribution in [0.4, 0.5) is 11.4 Å². The lowest BCUT2D eigenvalue weighted by Crippen LogP contribution is -2.11. The number of nitro benzene ring substituents is 1. The van der Waals surface area contributed by atoms with E-state index in [-0.39, 0.29) is 22.2 Å². The summed E-state index contributed by atoms with van der Waals surface area (Å²) < 4.78 is 7.32. The molecule has 2 heterocycles. The number of hydrogen-bond donors (Lipinski definition) is 1. The van der Waals surface area contributed by atoms with E-state index < -0.39 is 10.8 Å². The van der Waals surface area contributed by atoms with Gasteiger partial charge in [0.15, 0.2) is 5.76 Å². The number of benzene rings is 1. The first-order valence-electron chi connectivity index (χ1n) is 7.68. The van der Waals surface area contributed by atoms with Gasteiger partial charge in [-0.25, -0.2) is 0 Å². The maximum Gasteiger partial charge on any atom is 0.291 e. The maximum atomic E-state index is 12.3. The van der Waals surface area contributed by atoms with Crippen LogP contribution in [0.5, 0.6) is 0 Å². The maximum absolute atomic E-state index is 12.3. The van der Waals surface area contributed by atoms with Gasteiger partial charge in [0.2, 0.25) is 0 Å².